The predicted octanol–water partition coefficient (Wildman–Crippen LogP) is 2.11. The number of halogens is 1. The van der Waals surface area contributed by atoms with Crippen LogP contribution in [0, 0.1) is 0 Å². The number of carboxylic acids is 2. The zero-order valence-corrected chi connectivity index (χ0v) is 10.3. The topological polar surface area (TPSA) is 96.7 Å². The molecule has 0 saturated heterocycles. The highest BCUT2D eigenvalue weighted by Gasteiger charge is 2.22. The third-order valence-electron chi connectivity index (χ3n) is 2.04. The van der Waals surface area contributed by atoms with Gasteiger partial charge in [-0.1, -0.05) is 11.6 Å². The number of aliphatic carboxylic acids is 1. The summed E-state index contributed by atoms with van der Waals surface area (Å²) in [7, 11) is 0. The van der Waals surface area contributed by atoms with E-state index in [2.05, 4.69) is 4.98 Å². The molecule has 0 aliphatic carbocycles. The summed E-state index contributed by atoms with van der Waals surface area (Å²) in [5.74, 6) is -2.43. The number of fused-ring (bicyclic) bond motifs is 1. The molecule has 0 atom stereocenters. The van der Waals surface area contributed by atoms with Crippen LogP contribution in [0.1, 0.15) is 9.67 Å². The molecule has 2 heterocycles. The molecule has 2 rings (SSSR count). The first-order chi connectivity index (χ1) is 8.50. The van der Waals surface area contributed by atoms with Gasteiger partial charge in [0.15, 0.2) is 17.2 Å². The Morgan fingerprint density at radius 2 is 2.11 bits per heavy atom. The summed E-state index contributed by atoms with van der Waals surface area (Å²) in [6.07, 6.45) is 2.79. The number of carboxylic acid groups (broad SMARTS) is 2. The maximum Gasteiger partial charge on any atom is 0.349 e. The van der Waals surface area contributed by atoms with Crippen LogP contribution in [0.4, 0.5) is 0 Å². The van der Waals surface area contributed by atoms with E-state index in [0.717, 1.165) is 11.3 Å². The van der Waals surface area contributed by atoms with Crippen molar-refractivity contribution < 1.29 is 24.5 Å². The molecule has 0 aliphatic rings. The lowest BCUT2D eigenvalue weighted by Crippen LogP contribution is -2.10. The molecular weight excluding hydrogens is 282 g/mol. The van der Waals surface area contributed by atoms with Crippen LogP contribution in [-0.4, -0.2) is 33.7 Å². The third kappa shape index (κ3) is 2.22. The Morgan fingerprint density at radius 1 is 1.39 bits per heavy atom. The molecule has 0 bridgehead atoms. The molecule has 94 valence electrons. The SMILES string of the molecule is O=C(O)COc1c(C(=O)O)sc2cncc(Cl)c12. The minimum absolute atomic E-state index is 0.0303. The van der Waals surface area contributed by atoms with E-state index < -0.39 is 18.5 Å². The number of hydrogen-bond donors (Lipinski definition) is 2. The maximum absolute atomic E-state index is 11.1. The summed E-state index contributed by atoms with van der Waals surface area (Å²) in [6, 6.07) is 0. The van der Waals surface area contributed by atoms with Crippen molar-refractivity contribution in [1.29, 1.82) is 0 Å². The smallest absolute Gasteiger partial charge is 0.349 e. The van der Waals surface area contributed by atoms with E-state index in [0.29, 0.717) is 10.1 Å². The van der Waals surface area contributed by atoms with E-state index in [-0.39, 0.29) is 15.6 Å². The number of ether oxygens (including phenoxy) is 1. The molecule has 8 heteroatoms. The summed E-state index contributed by atoms with van der Waals surface area (Å²) >= 11 is 6.85. The molecule has 18 heavy (non-hydrogen) atoms. The first-order valence-electron chi connectivity index (χ1n) is 4.64. The van der Waals surface area contributed by atoms with Crippen LogP contribution < -0.4 is 4.74 Å². The highest BCUT2D eigenvalue weighted by Crippen LogP contribution is 2.41. The standard InChI is InChI=1S/C10H6ClNO5S/c11-4-1-12-2-5-7(4)8(17-3-6(13)14)9(18-5)10(15)16/h1-2H,3H2,(H,13,14)(H,15,16). The molecule has 0 spiro atoms. The molecule has 0 amide bonds. The summed E-state index contributed by atoms with van der Waals surface area (Å²) in [5, 5.41) is 18.2. The average molecular weight is 288 g/mol. The van der Waals surface area contributed by atoms with Gasteiger partial charge in [0.1, 0.15) is 0 Å². The van der Waals surface area contributed by atoms with Crippen LogP contribution in [-0.2, 0) is 4.79 Å². The average Bonchev–Trinajstić information content (AvgIpc) is 2.66. The second kappa shape index (κ2) is 4.79. The van der Waals surface area contributed by atoms with Crippen LogP contribution in [0.25, 0.3) is 10.1 Å². The van der Waals surface area contributed by atoms with E-state index in [9.17, 15) is 9.59 Å². The molecule has 2 aromatic heterocycles. The fourth-order valence-corrected chi connectivity index (χ4v) is 2.68. The zero-order valence-electron chi connectivity index (χ0n) is 8.71. The predicted molar refractivity (Wildman–Crippen MR) is 64.7 cm³/mol. The lowest BCUT2D eigenvalue weighted by molar-refractivity contribution is -0.139. The number of aromatic nitrogens is 1. The van der Waals surface area contributed by atoms with Crippen LogP contribution in [0.2, 0.25) is 5.02 Å². The highest BCUT2D eigenvalue weighted by molar-refractivity contribution is 7.21. The second-order valence-electron chi connectivity index (χ2n) is 3.24. The van der Waals surface area contributed by atoms with Crippen molar-refractivity contribution in [3.8, 4) is 5.75 Å². The van der Waals surface area contributed by atoms with Gasteiger partial charge in [-0.05, 0) is 0 Å². The lowest BCUT2D eigenvalue weighted by atomic mass is 10.3. The highest BCUT2D eigenvalue weighted by atomic mass is 35.5. The van der Waals surface area contributed by atoms with Crippen molar-refractivity contribution in [2.45, 2.75) is 0 Å². The molecule has 6 nitrogen and oxygen atoms in total. The summed E-state index contributed by atoms with van der Waals surface area (Å²) < 4.78 is 5.54. The molecular formula is C10H6ClNO5S. The summed E-state index contributed by atoms with van der Waals surface area (Å²) in [6.45, 7) is -0.634. The Morgan fingerprint density at radius 3 is 2.72 bits per heavy atom. The van der Waals surface area contributed by atoms with E-state index in [1.165, 1.54) is 12.4 Å². The Labute approximate surface area is 109 Å². The van der Waals surface area contributed by atoms with Crippen molar-refractivity contribution in [1.82, 2.24) is 4.98 Å². The van der Waals surface area contributed by atoms with Crippen molar-refractivity contribution >= 4 is 45.0 Å². The fraction of sp³-hybridized carbons (Fsp3) is 0.100. The normalized spacial score (nSPS) is 10.5. The van der Waals surface area contributed by atoms with Gasteiger partial charge in [-0.3, -0.25) is 4.98 Å². The molecule has 0 aromatic carbocycles. The van der Waals surface area contributed by atoms with Gasteiger partial charge in [0.2, 0.25) is 0 Å². The minimum Gasteiger partial charge on any atom is -0.479 e. The summed E-state index contributed by atoms with van der Waals surface area (Å²) in [4.78, 5) is 25.3. The molecule has 0 radical (unpaired) electrons. The van der Waals surface area contributed by atoms with E-state index in [4.69, 9.17) is 26.6 Å². The Bertz CT molecular complexity index is 638. The first-order valence-corrected chi connectivity index (χ1v) is 5.84. The zero-order chi connectivity index (χ0) is 13.3. The fourth-order valence-electron chi connectivity index (χ4n) is 1.40. The number of nitrogens with zero attached hydrogens (tertiary/aromatic N) is 1. The lowest BCUT2D eigenvalue weighted by Gasteiger charge is -2.03. The number of pyridine rings is 1. The van der Waals surface area contributed by atoms with Crippen molar-refractivity contribution in [3.63, 3.8) is 0 Å². The molecule has 0 saturated carbocycles. The van der Waals surface area contributed by atoms with Crippen molar-refractivity contribution in [2.75, 3.05) is 6.61 Å². The second-order valence-corrected chi connectivity index (χ2v) is 4.70. The molecule has 2 aromatic rings. The van der Waals surface area contributed by atoms with Crippen LogP contribution in [0.3, 0.4) is 0 Å². The van der Waals surface area contributed by atoms with Gasteiger partial charge in [-0.25, -0.2) is 9.59 Å². The van der Waals surface area contributed by atoms with E-state index >= 15 is 0 Å². The minimum atomic E-state index is -1.20. The van der Waals surface area contributed by atoms with Crippen molar-refractivity contribution in [2.24, 2.45) is 0 Å². The maximum atomic E-state index is 11.1. The monoisotopic (exact) mass is 287 g/mol. The largest absolute Gasteiger partial charge is 0.479 e. The molecule has 0 unspecified atom stereocenters. The number of carbonyl (C=O) groups is 2. The quantitative estimate of drug-likeness (QED) is 0.894. The number of thiophene rings is 1. The van der Waals surface area contributed by atoms with Gasteiger partial charge < -0.3 is 14.9 Å². The first kappa shape index (κ1) is 12.6. The van der Waals surface area contributed by atoms with Gasteiger partial charge in [0.25, 0.3) is 0 Å². The molecule has 0 fully saturated rings. The molecule has 2 N–H and O–H groups in total. The van der Waals surface area contributed by atoms with Gasteiger partial charge in [0.05, 0.1) is 15.1 Å². The Kier molecular flexibility index (Phi) is 3.35. The van der Waals surface area contributed by atoms with Gasteiger partial charge >= 0.3 is 11.9 Å². The van der Waals surface area contributed by atoms with Crippen molar-refractivity contribution in [3.05, 3.63) is 22.3 Å². The number of rotatable bonds is 4. The number of hydrogen-bond acceptors (Lipinski definition) is 5. The van der Waals surface area contributed by atoms with Gasteiger partial charge in [0, 0.05) is 12.4 Å². The Hall–Kier alpha value is -1.86. The van der Waals surface area contributed by atoms with E-state index in [1.807, 2.05) is 0 Å². The van der Waals surface area contributed by atoms with Crippen LogP contribution >= 0.6 is 22.9 Å². The van der Waals surface area contributed by atoms with Crippen LogP contribution in [0.5, 0.6) is 5.75 Å². The number of aromatic carboxylic acids is 1. The van der Waals surface area contributed by atoms with Crippen LogP contribution in [0.15, 0.2) is 12.4 Å². The Balaban J connectivity index is 2.61. The van der Waals surface area contributed by atoms with Gasteiger partial charge in [-0.15, -0.1) is 11.3 Å². The third-order valence-corrected chi connectivity index (χ3v) is 3.42. The van der Waals surface area contributed by atoms with E-state index in [1.54, 1.807) is 0 Å². The van der Waals surface area contributed by atoms with Gasteiger partial charge in [-0.2, -0.15) is 0 Å². The molecule has 0 aliphatic heterocycles. The summed E-state index contributed by atoms with van der Waals surface area (Å²) in [5.41, 5.74) is 0.